The molecule has 3 heterocycles. The van der Waals surface area contributed by atoms with Crippen molar-refractivity contribution in [3.8, 4) is 0 Å². The minimum Gasteiger partial charge on any atom is -0.325 e. The van der Waals surface area contributed by atoms with Gasteiger partial charge in [-0.05, 0) is 37.6 Å². The van der Waals surface area contributed by atoms with E-state index in [0.29, 0.717) is 17.9 Å². The number of benzene rings is 2. The fraction of sp³-hybridized carbons (Fsp3) is 0.308. The molecular formula is C26H25N5O5S. The molecule has 1 fully saturated rings. The molecule has 2 aliphatic rings. The average molecular weight is 520 g/mol. The van der Waals surface area contributed by atoms with Crippen molar-refractivity contribution >= 4 is 57.7 Å². The number of carbonyl (C=O) groups excluding carboxylic acids is 4. The zero-order chi connectivity index (χ0) is 26.1. The summed E-state index contributed by atoms with van der Waals surface area (Å²) in [5.41, 5.74) is 1.01. The standard InChI is InChI=1S/C26H25N5O5S/c1-15-27-16-5-4-6-17(24(16)26(36)31(15)19-9-10-22(33)29-25(19)35)28-21(32)11-12-23(34)30-13-14-37-20-8-3-2-7-18(20)30/h2-8,19H,9-14H2,1H3,(H,28,32)(H,29,33,35). The number of hydrogen-bond donors (Lipinski definition) is 2. The number of hydrogen-bond acceptors (Lipinski definition) is 7. The van der Waals surface area contributed by atoms with Gasteiger partial charge in [0.2, 0.25) is 23.6 Å². The minimum atomic E-state index is -0.867. The number of fused-ring (bicyclic) bond motifs is 2. The van der Waals surface area contributed by atoms with Crippen LogP contribution in [0.5, 0.6) is 0 Å². The van der Waals surface area contributed by atoms with Crippen LogP contribution in [-0.2, 0) is 19.2 Å². The molecule has 11 heteroatoms. The molecule has 37 heavy (non-hydrogen) atoms. The number of para-hydroxylation sites is 1. The van der Waals surface area contributed by atoms with Crippen LogP contribution in [0.1, 0.15) is 37.5 Å². The van der Waals surface area contributed by atoms with Gasteiger partial charge >= 0.3 is 0 Å². The fourth-order valence-corrected chi connectivity index (χ4v) is 5.74. The maximum Gasteiger partial charge on any atom is 0.264 e. The third-order valence-corrected chi connectivity index (χ3v) is 7.54. The first-order chi connectivity index (χ1) is 17.8. The molecule has 2 aromatic carbocycles. The highest BCUT2D eigenvalue weighted by Gasteiger charge is 2.31. The summed E-state index contributed by atoms with van der Waals surface area (Å²) in [5, 5.41) is 5.18. The van der Waals surface area contributed by atoms with Crippen molar-refractivity contribution in [2.75, 3.05) is 22.5 Å². The summed E-state index contributed by atoms with van der Waals surface area (Å²) >= 11 is 1.70. The number of nitrogens with one attached hydrogen (secondary N) is 2. The topological polar surface area (TPSA) is 130 Å². The second-order valence-electron chi connectivity index (χ2n) is 8.91. The molecule has 0 saturated carbocycles. The highest BCUT2D eigenvalue weighted by molar-refractivity contribution is 7.99. The van der Waals surface area contributed by atoms with E-state index < -0.39 is 23.4 Å². The number of rotatable bonds is 5. The van der Waals surface area contributed by atoms with E-state index in [1.165, 1.54) is 4.57 Å². The van der Waals surface area contributed by atoms with Gasteiger partial charge in [-0.15, -0.1) is 11.8 Å². The molecule has 2 aliphatic heterocycles. The third kappa shape index (κ3) is 4.86. The maximum absolute atomic E-state index is 13.5. The molecule has 1 unspecified atom stereocenters. The lowest BCUT2D eigenvalue weighted by molar-refractivity contribution is -0.136. The lowest BCUT2D eigenvalue weighted by atomic mass is 10.1. The number of aryl methyl sites for hydroxylation is 1. The van der Waals surface area contributed by atoms with E-state index in [2.05, 4.69) is 15.6 Å². The van der Waals surface area contributed by atoms with Crippen LogP contribution >= 0.6 is 11.8 Å². The molecule has 10 nitrogen and oxygen atoms in total. The first kappa shape index (κ1) is 24.7. The summed E-state index contributed by atoms with van der Waals surface area (Å²) in [5.74, 6) is -0.362. The van der Waals surface area contributed by atoms with Crippen LogP contribution in [0.2, 0.25) is 0 Å². The van der Waals surface area contributed by atoms with E-state index >= 15 is 0 Å². The Bertz CT molecular complexity index is 1500. The van der Waals surface area contributed by atoms with Crippen molar-refractivity contribution in [2.45, 2.75) is 43.5 Å². The summed E-state index contributed by atoms with van der Waals surface area (Å²) in [6, 6.07) is 11.7. The third-order valence-electron chi connectivity index (χ3n) is 6.50. The lowest BCUT2D eigenvalue weighted by Crippen LogP contribution is -2.45. The van der Waals surface area contributed by atoms with Crippen LogP contribution in [0.15, 0.2) is 52.2 Å². The zero-order valence-corrected chi connectivity index (χ0v) is 21.0. The molecule has 3 aromatic rings. The number of thioether (sulfide) groups is 1. The molecule has 0 spiro atoms. The van der Waals surface area contributed by atoms with Crippen molar-refractivity contribution < 1.29 is 19.2 Å². The van der Waals surface area contributed by atoms with E-state index in [9.17, 15) is 24.0 Å². The van der Waals surface area contributed by atoms with Crippen molar-refractivity contribution in [1.82, 2.24) is 14.9 Å². The van der Waals surface area contributed by atoms with Crippen LogP contribution in [0, 0.1) is 6.92 Å². The highest BCUT2D eigenvalue weighted by atomic mass is 32.2. The molecule has 190 valence electrons. The van der Waals surface area contributed by atoms with Gasteiger partial charge in [-0.3, -0.25) is 33.9 Å². The van der Waals surface area contributed by atoms with Crippen LogP contribution in [0.4, 0.5) is 11.4 Å². The van der Waals surface area contributed by atoms with E-state index in [0.717, 1.165) is 16.3 Å². The zero-order valence-electron chi connectivity index (χ0n) is 20.2. The molecule has 4 amide bonds. The number of amides is 4. The number of aromatic nitrogens is 2. The molecule has 0 aliphatic carbocycles. The molecule has 0 bridgehead atoms. The van der Waals surface area contributed by atoms with Crippen molar-refractivity contribution in [3.63, 3.8) is 0 Å². The SMILES string of the molecule is Cc1nc2cccc(NC(=O)CCC(=O)N3CCSc4ccccc43)c2c(=O)n1C1CCC(=O)NC1=O. The summed E-state index contributed by atoms with van der Waals surface area (Å²) in [6.07, 6.45) is 0.273. The Morgan fingerprint density at radius 3 is 2.73 bits per heavy atom. The van der Waals surface area contributed by atoms with Crippen LogP contribution in [0.3, 0.4) is 0 Å². The minimum absolute atomic E-state index is 0.0213. The lowest BCUT2D eigenvalue weighted by Gasteiger charge is -2.29. The van der Waals surface area contributed by atoms with Gasteiger partial charge in [0.05, 0.1) is 22.3 Å². The van der Waals surface area contributed by atoms with Crippen molar-refractivity contribution in [3.05, 3.63) is 58.6 Å². The quantitative estimate of drug-likeness (QED) is 0.496. The van der Waals surface area contributed by atoms with Gasteiger partial charge in [0.1, 0.15) is 11.9 Å². The molecule has 5 rings (SSSR count). The molecule has 2 N–H and O–H groups in total. The summed E-state index contributed by atoms with van der Waals surface area (Å²) in [6.45, 7) is 2.20. The van der Waals surface area contributed by atoms with Crippen LogP contribution < -0.4 is 21.1 Å². The predicted octanol–water partition coefficient (Wildman–Crippen LogP) is 2.54. The first-order valence-electron chi connectivity index (χ1n) is 12.0. The van der Waals surface area contributed by atoms with E-state index in [4.69, 9.17) is 0 Å². The van der Waals surface area contributed by atoms with Gasteiger partial charge in [0.15, 0.2) is 0 Å². The number of piperidine rings is 1. The van der Waals surface area contributed by atoms with Crippen molar-refractivity contribution in [1.29, 1.82) is 0 Å². The maximum atomic E-state index is 13.5. The van der Waals surface area contributed by atoms with Gasteiger partial charge in [-0.25, -0.2) is 4.98 Å². The monoisotopic (exact) mass is 519 g/mol. The van der Waals surface area contributed by atoms with E-state index in [1.807, 2.05) is 24.3 Å². The molecule has 0 radical (unpaired) electrons. The van der Waals surface area contributed by atoms with Gasteiger partial charge in [-0.2, -0.15) is 0 Å². The van der Waals surface area contributed by atoms with Gasteiger partial charge in [0.25, 0.3) is 5.56 Å². The largest absolute Gasteiger partial charge is 0.325 e. The number of anilines is 2. The Labute approximate surface area is 216 Å². The Balaban J connectivity index is 1.35. The van der Waals surface area contributed by atoms with E-state index in [1.54, 1.807) is 41.8 Å². The van der Waals surface area contributed by atoms with Crippen molar-refractivity contribution in [2.24, 2.45) is 0 Å². The van der Waals surface area contributed by atoms with E-state index in [-0.39, 0.29) is 48.6 Å². The predicted molar refractivity (Wildman–Crippen MR) is 140 cm³/mol. The first-order valence-corrected chi connectivity index (χ1v) is 13.0. The van der Waals surface area contributed by atoms with Gasteiger partial charge in [0, 0.05) is 36.5 Å². The Morgan fingerprint density at radius 2 is 1.92 bits per heavy atom. The summed E-state index contributed by atoms with van der Waals surface area (Å²) < 4.78 is 1.27. The summed E-state index contributed by atoms with van der Waals surface area (Å²) in [4.78, 5) is 70.5. The Hall–Kier alpha value is -3.99. The molecule has 1 saturated heterocycles. The van der Waals surface area contributed by atoms with Crippen LogP contribution in [-0.4, -0.2) is 45.5 Å². The second-order valence-corrected chi connectivity index (χ2v) is 10.0. The van der Waals surface area contributed by atoms with Gasteiger partial charge < -0.3 is 10.2 Å². The highest BCUT2D eigenvalue weighted by Crippen LogP contribution is 2.34. The Morgan fingerprint density at radius 1 is 1.11 bits per heavy atom. The molecule has 1 atom stereocenters. The van der Waals surface area contributed by atoms with Gasteiger partial charge in [-0.1, -0.05) is 18.2 Å². The summed E-state index contributed by atoms with van der Waals surface area (Å²) in [7, 11) is 0. The van der Waals surface area contributed by atoms with Crippen LogP contribution in [0.25, 0.3) is 10.9 Å². The number of imide groups is 1. The fourth-order valence-electron chi connectivity index (χ4n) is 4.75. The normalized spacial score (nSPS) is 17.3. The smallest absolute Gasteiger partial charge is 0.264 e. The average Bonchev–Trinajstić information content (AvgIpc) is 2.88. The second kappa shape index (κ2) is 10.2. The number of nitrogens with zero attached hydrogens (tertiary/aromatic N) is 3. The molecular weight excluding hydrogens is 494 g/mol. The molecule has 1 aromatic heterocycles. The Kier molecular flexibility index (Phi) is 6.79. The number of carbonyl (C=O) groups is 4.